The number of rotatable bonds is 4. The quantitative estimate of drug-likeness (QED) is 0.746. The lowest BCUT2D eigenvalue weighted by molar-refractivity contribution is -0.117. The predicted octanol–water partition coefficient (Wildman–Crippen LogP) is 3.48. The third kappa shape index (κ3) is 3.70. The first-order valence-electron chi connectivity index (χ1n) is 10.5. The van der Waals surface area contributed by atoms with Crippen molar-refractivity contribution in [3.8, 4) is 0 Å². The first kappa shape index (κ1) is 18.1. The van der Waals surface area contributed by atoms with Crippen LogP contribution in [0.4, 0.5) is 11.4 Å². The highest BCUT2D eigenvalue weighted by molar-refractivity contribution is 6.03. The van der Waals surface area contributed by atoms with E-state index in [0.717, 1.165) is 67.7 Å². The highest BCUT2D eigenvalue weighted by Crippen LogP contribution is 2.34. The smallest absolute Gasteiger partial charge is 0.238 e. The molecule has 1 N–H and O–H groups in total. The fourth-order valence-electron chi connectivity index (χ4n) is 4.54. The maximum absolute atomic E-state index is 12.9. The summed E-state index contributed by atoms with van der Waals surface area (Å²) in [7, 11) is 0. The molecule has 3 aromatic rings. The number of aryl methyl sites for hydroxylation is 1. The minimum Gasteiger partial charge on any atom is -0.369 e. The molecule has 1 fully saturated rings. The topological polar surface area (TPSA) is 48.5 Å². The number of anilines is 2. The molecular weight excluding hydrogens is 360 g/mol. The minimum absolute atomic E-state index is 0.0728. The van der Waals surface area contributed by atoms with Crippen molar-refractivity contribution in [1.82, 2.24) is 9.88 Å². The van der Waals surface area contributed by atoms with Gasteiger partial charge >= 0.3 is 0 Å². The van der Waals surface area contributed by atoms with Gasteiger partial charge in [0.05, 0.1) is 17.7 Å². The number of hydrogen-bond acceptors (Lipinski definition) is 4. The molecule has 29 heavy (non-hydrogen) atoms. The van der Waals surface area contributed by atoms with Gasteiger partial charge in [-0.1, -0.05) is 36.4 Å². The predicted molar refractivity (Wildman–Crippen MR) is 117 cm³/mol. The molecule has 2 aliphatic rings. The van der Waals surface area contributed by atoms with E-state index in [9.17, 15) is 4.79 Å². The average Bonchev–Trinajstić information content (AvgIpc) is 3.23. The van der Waals surface area contributed by atoms with Gasteiger partial charge in [-0.3, -0.25) is 14.7 Å². The van der Waals surface area contributed by atoms with Gasteiger partial charge in [-0.05, 0) is 43.0 Å². The Hall–Kier alpha value is -2.92. The maximum atomic E-state index is 12.9. The Bertz CT molecular complexity index is 1030. The Morgan fingerprint density at radius 3 is 2.52 bits per heavy atom. The fourth-order valence-corrected chi connectivity index (χ4v) is 4.54. The molecule has 148 valence electrons. The lowest BCUT2D eigenvalue weighted by Gasteiger charge is -2.35. The summed E-state index contributed by atoms with van der Waals surface area (Å²) in [5.74, 6) is 0.0728. The number of aromatic nitrogens is 1. The van der Waals surface area contributed by atoms with Crippen LogP contribution in [0.15, 0.2) is 54.6 Å². The Balaban J connectivity index is 1.27. The Labute approximate surface area is 171 Å². The molecule has 0 saturated carbocycles. The molecule has 1 aliphatic carbocycles. The zero-order valence-corrected chi connectivity index (χ0v) is 16.6. The normalized spacial score (nSPS) is 16.8. The van der Waals surface area contributed by atoms with E-state index < -0.39 is 0 Å². The minimum atomic E-state index is 0.0728. The van der Waals surface area contributed by atoms with E-state index in [1.54, 1.807) is 0 Å². The van der Waals surface area contributed by atoms with Crippen molar-refractivity contribution in [2.75, 3.05) is 42.9 Å². The second kappa shape index (κ2) is 7.84. The van der Waals surface area contributed by atoms with Gasteiger partial charge < -0.3 is 10.2 Å². The number of para-hydroxylation sites is 2. The molecule has 5 heteroatoms. The average molecular weight is 386 g/mol. The van der Waals surface area contributed by atoms with E-state index in [-0.39, 0.29) is 5.91 Å². The lowest BCUT2D eigenvalue weighted by atomic mass is 10.1. The summed E-state index contributed by atoms with van der Waals surface area (Å²) in [6.07, 6.45) is 3.12. The zero-order chi connectivity index (χ0) is 19.6. The Kier molecular flexibility index (Phi) is 4.90. The highest BCUT2D eigenvalue weighted by Gasteiger charge is 2.23. The summed E-state index contributed by atoms with van der Waals surface area (Å²) in [5.41, 5.74) is 5.59. The third-order valence-corrected chi connectivity index (χ3v) is 6.04. The first-order chi connectivity index (χ1) is 14.3. The van der Waals surface area contributed by atoms with Crippen molar-refractivity contribution >= 4 is 28.2 Å². The van der Waals surface area contributed by atoms with Gasteiger partial charge in [0.15, 0.2) is 0 Å². The zero-order valence-electron chi connectivity index (χ0n) is 16.6. The molecule has 5 rings (SSSR count). The molecule has 0 radical (unpaired) electrons. The van der Waals surface area contributed by atoms with Crippen LogP contribution in [0.2, 0.25) is 0 Å². The van der Waals surface area contributed by atoms with E-state index in [1.165, 1.54) is 11.3 Å². The molecule has 5 nitrogen and oxygen atoms in total. The first-order valence-corrected chi connectivity index (χ1v) is 10.5. The monoisotopic (exact) mass is 386 g/mol. The van der Waals surface area contributed by atoms with Crippen LogP contribution in [0, 0.1) is 0 Å². The number of amides is 1. The second-order valence-corrected chi connectivity index (χ2v) is 7.93. The van der Waals surface area contributed by atoms with Crippen LogP contribution in [0.25, 0.3) is 10.9 Å². The molecule has 1 amide bonds. The van der Waals surface area contributed by atoms with E-state index in [1.807, 2.05) is 24.3 Å². The number of pyridine rings is 1. The number of carbonyl (C=O) groups is 1. The summed E-state index contributed by atoms with van der Waals surface area (Å²) < 4.78 is 0. The van der Waals surface area contributed by atoms with Gasteiger partial charge in [0, 0.05) is 42.9 Å². The molecule has 1 saturated heterocycles. The van der Waals surface area contributed by atoms with Crippen molar-refractivity contribution in [1.29, 1.82) is 0 Å². The Morgan fingerprint density at radius 1 is 0.931 bits per heavy atom. The highest BCUT2D eigenvalue weighted by atomic mass is 16.2. The number of carbonyl (C=O) groups excluding carboxylic acids is 1. The summed E-state index contributed by atoms with van der Waals surface area (Å²) >= 11 is 0. The van der Waals surface area contributed by atoms with Crippen LogP contribution in [0.3, 0.4) is 0 Å². The number of piperazine rings is 1. The van der Waals surface area contributed by atoms with Gasteiger partial charge in [0.25, 0.3) is 0 Å². The van der Waals surface area contributed by atoms with Crippen LogP contribution in [0.5, 0.6) is 0 Å². The number of fused-ring (bicyclic) bond motifs is 2. The number of nitrogens with zero attached hydrogens (tertiary/aromatic N) is 3. The number of hydrogen-bond donors (Lipinski definition) is 1. The van der Waals surface area contributed by atoms with E-state index in [0.29, 0.717) is 6.54 Å². The largest absolute Gasteiger partial charge is 0.369 e. The summed E-state index contributed by atoms with van der Waals surface area (Å²) in [5, 5.41) is 4.29. The Morgan fingerprint density at radius 2 is 1.69 bits per heavy atom. The molecule has 0 atom stereocenters. The van der Waals surface area contributed by atoms with Crippen LogP contribution < -0.4 is 10.2 Å². The van der Waals surface area contributed by atoms with Crippen LogP contribution in [0.1, 0.15) is 17.7 Å². The molecule has 0 unspecified atom stereocenters. The summed E-state index contributed by atoms with van der Waals surface area (Å²) in [4.78, 5) is 22.3. The molecule has 2 aromatic carbocycles. The van der Waals surface area contributed by atoms with Crippen molar-refractivity contribution in [2.24, 2.45) is 0 Å². The van der Waals surface area contributed by atoms with Crippen LogP contribution in [-0.4, -0.2) is 48.5 Å². The van der Waals surface area contributed by atoms with E-state index in [2.05, 4.69) is 45.4 Å². The fraction of sp³-hybridized carbons (Fsp3) is 0.333. The maximum Gasteiger partial charge on any atom is 0.238 e. The SMILES string of the molecule is O=C(CN1CCN(c2ccccc2)CC1)Nc1c2c(nc3ccccc13)CCC2. The van der Waals surface area contributed by atoms with Gasteiger partial charge in [0.1, 0.15) is 0 Å². The molecule has 0 bridgehead atoms. The lowest BCUT2D eigenvalue weighted by Crippen LogP contribution is -2.48. The molecule has 1 aliphatic heterocycles. The van der Waals surface area contributed by atoms with Gasteiger partial charge in [-0.2, -0.15) is 0 Å². The van der Waals surface area contributed by atoms with Gasteiger partial charge in [0.2, 0.25) is 5.91 Å². The third-order valence-electron chi connectivity index (χ3n) is 6.04. The van der Waals surface area contributed by atoms with E-state index in [4.69, 9.17) is 4.98 Å². The van der Waals surface area contributed by atoms with Crippen molar-refractivity contribution in [2.45, 2.75) is 19.3 Å². The number of nitrogens with one attached hydrogen (secondary N) is 1. The molecule has 1 aromatic heterocycles. The molecular formula is C24H26N4O. The summed E-state index contributed by atoms with van der Waals surface area (Å²) in [6, 6.07) is 18.6. The molecule has 2 heterocycles. The van der Waals surface area contributed by atoms with Gasteiger partial charge in [-0.25, -0.2) is 0 Å². The van der Waals surface area contributed by atoms with Crippen molar-refractivity contribution < 1.29 is 4.79 Å². The summed E-state index contributed by atoms with van der Waals surface area (Å²) in [6.45, 7) is 4.14. The second-order valence-electron chi connectivity index (χ2n) is 7.93. The number of benzene rings is 2. The van der Waals surface area contributed by atoms with Crippen LogP contribution >= 0.6 is 0 Å². The van der Waals surface area contributed by atoms with E-state index >= 15 is 0 Å². The molecule has 0 spiro atoms. The van der Waals surface area contributed by atoms with Crippen molar-refractivity contribution in [3.63, 3.8) is 0 Å². The standard InChI is InChI=1S/C24H26N4O/c29-23(17-27-13-15-28(16-14-27)18-7-2-1-3-8-18)26-24-19-9-4-5-11-21(19)25-22-12-6-10-20(22)24/h1-5,7-9,11H,6,10,12-17H2,(H,25,26,29). The van der Waals surface area contributed by atoms with Gasteiger partial charge in [-0.15, -0.1) is 0 Å². The van der Waals surface area contributed by atoms with Crippen molar-refractivity contribution in [3.05, 3.63) is 65.9 Å². The van der Waals surface area contributed by atoms with Crippen LogP contribution in [-0.2, 0) is 17.6 Å².